The van der Waals surface area contributed by atoms with Gasteiger partial charge in [-0.3, -0.25) is 5.41 Å². The smallest absolute Gasteiger partial charge is 0.152 e. The number of allylic oxidation sites excluding steroid dienone is 1. The summed E-state index contributed by atoms with van der Waals surface area (Å²) in [7, 11) is 1.89. The highest BCUT2D eigenvalue weighted by Crippen LogP contribution is 2.34. The first kappa shape index (κ1) is 14.5. The van der Waals surface area contributed by atoms with Crippen molar-refractivity contribution in [2.45, 2.75) is 26.3 Å². The summed E-state index contributed by atoms with van der Waals surface area (Å²) < 4.78 is 0. The molecule has 2 aliphatic heterocycles. The minimum absolute atomic E-state index is 0.157. The first-order valence-electron chi connectivity index (χ1n) is 7.55. The minimum Gasteiger partial charge on any atom is -0.361 e. The number of nitrogens with zero attached hydrogens (tertiary/aromatic N) is 3. The van der Waals surface area contributed by atoms with E-state index in [2.05, 4.69) is 41.1 Å². The Morgan fingerprint density at radius 2 is 2.14 bits per heavy atom. The molecule has 1 atom stereocenters. The molecule has 1 aromatic rings. The summed E-state index contributed by atoms with van der Waals surface area (Å²) in [4.78, 5) is 8.84. The molecule has 2 heterocycles. The van der Waals surface area contributed by atoms with Crippen LogP contribution in [0.3, 0.4) is 0 Å². The zero-order valence-electron chi connectivity index (χ0n) is 13.2. The molecule has 0 amide bonds. The van der Waals surface area contributed by atoms with Gasteiger partial charge in [-0.25, -0.2) is 4.99 Å². The second-order valence-electron chi connectivity index (χ2n) is 5.72. The van der Waals surface area contributed by atoms with Gasteiger partial charge in [-0.1, -0.05) is 18.2 Å². The number of rotatable bonds is 3. The van der Waals surface area contributed by atoms with Crippen LogP contribution in [0.15, 0.2) is 41.0 Å². The number of hydrogen-bond acceptors (Lipinski definition) is 4. The largest absolute Gasteiger partial charge is 0.361 e. The lowest BCUT2D eigenvalue weighted by Crippen LogP contribution is -2.45. The van der Waals surface area contributed by atoms with Crippen molar-refractivity contribution in [2.75, 3.05) is 18.5 Å². The summed E-state index contributed by atoms with van der Waals surface area (Å²) in [5, 5.41) is 15.8. The standard InChI is InChI=1S/C17H21N5/c1-4-22-14-8-6-5-7-12(14)10-15(22)17-20-13(9-11(2)18)16(19)21(17)3/h5-9,15,18-19H,4,10H2,1-3H3/b13-9+,18-11?,19-16?. The van der Waals surface area contributed by atoms with Crippen LogP contribution in [-0.2, 0) is 6.42 Å². The van der Waals surface area contributed by atoms with Gasteiger partial charge in [0.25, 0.3) is 0 Å². The Hall–Kier alpha value is -2.43. The number of anilines is 1. The van der Waals surface area contributed by atoms with E-state index in [0.29, 0.717) is 17.2 Å². The first-order valence-corrected chi connectivity index (χ1v) is 7.55. The fourth-order valence-electron chi connectivity index (χ4n) is 3.21. The van der Waals surface area contributed by atoms with Crippen LogP contribution in [0.2, 0.25) is 0 Å². The highest BCUT2D eigenvalue weighted by atomic mass is 15.3. The molecule has 114 valence electrons. The summed E-state index contributed by atoms with van der Waals surface area (Å²) in [5.74, 6) is 1.27. The second-order valence-corrected chi connectivity index (χ2v) is 5.72. The van der Waals surface area contributed by atoms with Crippen molar-refractivity contribution in [3.63, 3.8) is 0 Å². The van der Waals surface area contributed by atoms with Crippen LogP contribution >= 0.6 is 0 Å². The van der Waals surface area contributed by atoms with Gasteiger partial charge in [-0.15, -0.1) is 0 Å². The van der Waals surface area contributed by atoms with Gasteiger partial charge in [-0.05, 0) is 31.6 Å². The predicted octanol–water partition coefficient (Wildman–Crippen LogP) is 2.68. The van der Waals surface area contributed by atoms with E-state index in [4.69, 9.17) is 10.8 Å². The summed E-state index contributed by atoms with van der Waals surface area (Å²) in [6.07, 6.45) is 2.57. The van der Waals surface area contributed by atoms with Crippen molar-refractivity contribution in [3.8, 4) is 0 Å². The average molecular weight is 295 g/mol. The van der Waals surface area contributed by atoms with Crippen molar-refractivity contribution in [2.24, 2.45) is 4.99 Å². The maximum Gasteiger partial charge on any atom is 0.152 e. The second kappa shape index (κ2) is 5.40. The van der Waals surface area contributed by atoms with Gasteiger partial charge in [0.2, 0.25) is 0 Å². The van der Waals surface area contributed by atoms with E-state index in [1.54, 1.807) is 13.0 Å². The normalized spacial score (nSPS) is 22.3. The number of hydrogen-bond donors (Lipinski definition) is 2. The van der Waals surface area contributed by atoms with Crippen molar-refractivity contribution >= 4 is 23.1 Å². The van der Waals surface area contributed by atoms with Crippen LogP contribution in [0.5, 0.6) is 0 Å². The molecule has 0 spiro atoms. The van der Waals surface area contributed by atoms with Gasteiger partial charge in [0, 0.05) is 31.4 Å². The Morgan fingerprint density at radius 3 is 2.82 bits per heavy atom. The monoisotopic (exact) mass is 295 g/mol. The lowest BCUT2D eigenvalue weighted by Gasteiger charge is -2.29. The molecule has 5 nitrogen and oxygen atoms in total. The molecule has 0 aromatic heterocycles. The SMILES string of the molecule is CCN1c2ccccc2CC1C1=N/C(=C/C(C)=N)C(=N)N1C. The first-order chi connectivity index (χ1) is 10.5. The highest BCUT2D eigenvalue weighted by Gasteiger charge is 2.37. The molecule has 3 rings (SSSR count). The van der Waals surface area contributed by atoms with E-state index in [0.717, 1.165) is 18.8 Å². The van der Waals surface area contributed by atoms with Gasteiger partial charge in [0.15, 0.2) is 5.84 Å². The molecule has 1 unspecified atom stereocenters. The van der Waals surface area contributed by atoms with Gasteiger partial charge in [-0.2, -0.15) is 0 Å². The third-order valence-corrected chi connectivity index (χ3v) is 4.24. The van der Waals surface area contributed by atoms with E-state index in [1.807, 2.05) is 11.9 Å². The molecule has 0 bridgehead atoms. The minimum atomic E-state index is 0.157. The van der Waals surface area contributed by atoms with Gasteiger partial charge in [0.05, 0.1) is 6.04 Å². The van der Waals surface area contributed by atoms with E-state index < -0.39 is 0 Å². The summed E-state index contributed by atoms with van der Waals surface area (Å²) in [6, 6.07) is 8.61. The van der Waals surface area contributed by atoms with Gasteiger partial charge >= 0.3 is 0 Å². The average Bonchev–Trinajstić information content (AvgIpc) is 2.99. The molecule has 0 aliphatic carbocycles. The van der Waals surface area contributed by atoms with E-state index in [-0.39, 0.29) is 6.04 Å². The molecule has 0 radical (unpaired) electrons. The number of amidine groups is 2. The number of aliphatic imine (C=N–C) groups is 1. The van der Waals surface area contributed by atoms with Crippen molar-refractivity contribution in [1.82, 2.24) is 4.90 Å². The molecule has 22 heavy (non-hydrogen) atoms. The number of para-hydroxylation sites is 1. The quantitative estimate of drug-likeness (QED) is 0.842. The molecule has 0 saturated carbocycles. The molecule has 0 saturated heterocycles. The fourth-order valence-corrected chi connectivity index (χ4v) is 3.21. The highest BCUT2D eigenvalue weighted by molar-refractivity contribution is 6.17. The van der Waals surface area contributed by atoms with E-state index in [1.165, 1.54) is 11.3 Å². The molecule has 0 fully saturated rings. The van der Waals surface area contributed by atoms with Crippen LogP contribution in [0.25, 0.3) is 0 Å². The molecule has 1 aromatic carbocycles. The van der Waals surface area contributed by atoms with Crippen LogP contribution in [-0.4, -0.2) is 41.9 Å². The van der Waals surface area contributed by atoms with E-state index in [9.17, 15) is 0 Å². The van der Waals surface area contributed by atoms with Gasteiger partial charge in [0.1, 0.15) is 11.5 Å². The van der Waals surface area contributed by atoms with Crippen LogP contribution in [0.1, 0.15) is 19.4 Å². The molecule has 5 heteroatoms. The topological polar surface area (TPSA) is 66.5 Å². The Morgan fingerprint density at radius 1 is 1.41 bits per heavy atom. The summed E-state index contributed by atoms with van der Waals surface area (Å²) in [6.45, 7) is 4.76. The van der Waals surface area contributed by atoms with Crippen molar-refractivity contribution in [3.05, 3.63) is 41.6 Å². The van der Waals surface area contributed by atoms with Gasteiger partial charge < -0.3 is 15.2 Å². The zero-order chi connectivity index (χ0) is 15.9. The Bertz CT molecular complexity index is 701. The molecular formula is C17H21N5. The summed E-state index contributed by atoms with van der Waals surface area (Å²) in [5.41, 5.74) is 3.59. The predicted molar refractivity (Wildman–Crippen MR) is 91.4 cm³/mol. The van der Waals surface area contributed by atoms with Crippen LogP contribution in [0.4, 0.5) is 5.69 Å². The van der Waals surface area contributed by atoms with E-state index >= 15 is 0 Å². The number of fused-ring (bicyclic) bond motifs is 1. The number of nitrogens with one attached hydrogen (secondary N) is 2. The zero-order valence-corrected chi connectivity index (χ0v) is 13.2. The lowest BCUT2D eigenvalue weighted by molar-refractivity contribution is 0.674. The maximum absolute atomic E-state index is 8.21. The number of likely N-dealkylation sites (N-methyl/N-ethyl adjacent to an activating group) is 2. The third-order valence-electron chi connectivity index (χ3n) is 4.24. The summed E-state index contributed by atoms with van der Waals surface area (Å²) >= 11 is 0. The van der Waals surface area contributed by atoms with Crippen LogP contribution < -0.4 is 4.90 Å². The third kappa shape index (κ3) is 2.22. The Kier molecular flexibility index (Phi) is 3.56. The molecule has 2 N–H and O–H groups in total. The van der Waals surface area contributed by atoms with Crippen molar-refractivity contribution in [1.29, 1.82) is 10.8 Å². The van der Waals surface area contributed by atoms with Crippen LogP contribution in [0, 0.1) is 10.8 Å². The molecule has 2 aliphatic rings. The fraction of sp³-hybridized carbons (Fsp3) is 0.353. The number of benzene rings is 1. The lowest BCUT2D eigenvalue weighted by atomic mass is 10.1. The van der Waals surface area contributed by atoms with Crippen molar-refractivity contribution < 1.29 is 0 Å². The maximum atomic E-state index is 8.21. The molecular weight excluding hydrogens is 274 g/mol. The Balaban J connectivity index is 1.98. The Labute approximate surface area is 131 Å².